The van der Waals surface area contributed by atoms with E-state index in [2.05, 4.69) is 24.5 Å². The van der Waals surface area contributed by atoms with E-state index in [4.69, 9.17) is 4.74 Å². The summed E-state index contributed by atoms with van der Waals surface area (Å²) < 4.78 is 5.34. The second-order valence-corrected chi connectivity index (χ2v) is 10.1. The number of benzene rings is 1. The lowest BCUT2D eigenvalue weighted by Crippen LogP contribution is -2.49. The molecule has 1 amide bonds. The lowest BCUT2D eigenvalue weighted by molar-refractivity contribution is -0.134. The van der Waals surface area contributed by atoms with Crippen molar-refractivity contribution in [3.05, 3.63) is 35.9 Å². The van der Waals surface area contributed by atoms with Crippen molar-refractivity contribution < 1.29 is 19.1 Å². The molecule has 6 nitrogen and oxygen atoms in total. The van der Waals surface area contributed by atoms with Crippen molar-refractivity contribution in [1.82, 2.24) is 10.6 Å². The van der Waals surface area contributed by atoms with Crippen LogP contribution >= 0.6 is 0 Å². The molecule has 1 aliphatic heterocycles. The average molecular weight is 445 g/mol. The number of likely N-dealkylation sites (N-methyl/N-ethyl adjacent to an activating group) is 1. The molecule has 1 aliphatic rings. The highest BCUT2D eigenvalue weighted by Gasteiger charge is 2.50. The quantitative estimate of drug-likeness (QED) is 0.430. The molecule has 4 atom stereocenters. The summed E-state index contributed by atoms with van der Waals surface area (Å²) in [5, 5.41) is 6.08. The monoisotopic (exact) mass is 444 g/mol. The fourth-order valence-corrected chi connectivity index (χ4v) is 4.03. The van der Waals surface area contributed by atoms with Gasteiger partial charge >= 0.3 is 0 Å². The lowest BCUT2D eigenvalue weighted by atomic mass is 9.88. The minimum Gasteiger partial charge on any atom is -0.361 e. The first-order valence-electron chi connectivity index (χ1n) is 11.8. The van der Waals surface area contributed by atoms with Crippen molar-refractivity contribution in [3.8, 4) is 0 Å². The predicted molar refractivity (Wildman–Crippen MR) is 126 cm³/mol. The number of amides is 1. The molecule has 0 aliphatic carbocycles. The van der Waals surface area contributed by atoms with Gasteiger partial charge in [-0.15, -0.1) is 0 Å². The van der Waals surface area contributed by atoms with Crippen LogP contribution in [0, 0.1) is 17.8 Å². The van der Waals surface area contributed by atoms with Crippen molar-refractivity contribution in [2.45, 2.75) is 78.0 Å². The zero-order valence-corrected chi connectivity index (χ0v) is 20.4. The molecule has 0 spiro atoms. The van der Waals surface area contributed by atoms with E-state index in [1.807, 2.05) is 44.2 Å². The number of carbonyl (C=O) groups excluding carboxylic acids is 3. The van der Waals surface area contributed by atoms with Gasteiger partial charge in [-0.25, -0.2) is 0 Å². The number of rotatable bonds is 14. The van der Waals surface area contributed by atoms with Gasteiger partial charge in [-0.05, 0) is 50.6 Å². The molecule has 2 rings (SSSR count). The first-order chi connectivity index (χ1) is 15.1. The topological polar surface area (TPSA) is 87.8 Å². The van der Waals surface area contributed by atoms with E-state index in [1.54, 1.807) is 14.0 Å². The number of ketones is 2. The maximum Gasteiger partial charge on any atom is 0.224 e. The summed E-state index contributed by atoms with van der Waals surface area (Å²) in [7, 11) is 1.78. The largest absolute Gasteiger partial charge is 0.361 e. The van der Waals surface area contributed by atoms with Gasteiger partial charge in [0.25, 0.3) is 0 Å². The number of hydrogen-bond acceptors (Lipinski definition) is 5. The average Bonchev–Trinajstić information content (AvgIpc) is 3.49. The van der Waals surface area contributed by atoms with Crippen LogP contribution < -0.4 is 10.6 Å². The molecule has 0 saturated carbocycles. The van der Waals surface area contributed by atoms with Crippen LogP contribution in [-0.4, -0.2) is 48.8 Å². The van der Waals surface area contributed by atoms with Crippen molar-refractivity contribution in [3.63, 3.8) is 0 Å². The molecule has 1 saturated heterocycles. The number of carbonyl (C=O) groups is 3. The van der Waals surface area contributed by atoms with Gasteiger partial charge in [0.15, 0.2) is 11.6 Å². The van der Waals surface area contributed by atoms with Crippen LogP contribution in [0.25, 0.3) is 0 Å². The van der Waals surface area contributed by atoms with E-state index < -0.39 is 17.6 Å². The number of ether oxygens (including phenoxy) is 1. The summed E-state index contributed by atoms with van der Waals surface area (Å²) >= 11 is 0. The molecule has 2 N–H and O–H groups in total. The van der Waals surface area contributed by atoms with Crippen molar-refractivity contribution >= 4 is 17.5 Å². The third-order valence-electron chi connectivity index (χ3n) is 6.03. The van der Waals surface area contributed by atoms with Crippen molar-refractivity contribution in [2.75, 3.05) is 13.7 Å². The Kier molecular flexibility index (Phi) is 9.59. The zero-order valence-electron chi connectivity index (χ0n) is 20.4. The zero-order chi connectivity index (χ0) is 23.9. The standard InChI is InChI=1S/C26H40N2O4/c1-17(2)12-21(27-6)23(29)15-20(14-19-10-8-7-9-11-19)25(31)28-22(13-18(3)4)24(30)26(5)16-32-26/h7-11,17-18,20-22,27H,12-16H2,1-6H3,(H,28,31)/t20?,21-,22-,26+/m0/s1. The summed E-state index contributed by atoms with van der Waals surface area (Å²) in [6, 6.07) is 8.81. The molecule has 1 aromatic carbocycles. The Balaban J connectivity index is 2.19. The molecule has 178 valence electrons. The fourth-order valence-electron chi connectivity index (χ4n) is 4.03. The summed E-state index contributed by atoms with van der Waals surface area (Å²) in [4.78, 5) is 39.4. The summed E-state index contributed by atoms with van der Waals surface area (Å²) in [6.07, 6.45) is 1.85. The smallest absolute Gasteiger partial charge is 0.224 e. The van der Waals surface area contributed by atoms with Gasteiger partial charge in [0.2, 0.25) is 5.91 Å². The van der Waals surface area contributed by atoms with Gasteiger partial charge in [0, 0.05) is 12.3 Å². The van der Waals surface area contributed by atoms with Crippen LogP contribution in [0.1, 0.15) is 59.4 Å². The molecule has 0 bridgehead atoms. The van der Waals surface area contributed by atoms with E-state index in [9.17, 15) is 14.4 Å². The van der Waals surface area contributed by atoms with Crippen molar-refractivity contribution in [1.29, 1.82) is 0 Å². The minimum absolute atomic E-state index is 0.0292. The molecule has 0 aromatic heterocycles. The molecular formula is C26H40N2O4. The van der Waals surface area contributed by atoms with Gasteiger partial charge in [-0.1, -0.05) is 58.0 Å². The molecule has 6 heteroatoms. The summed E-state index contributed by atoms with van der Waals surface area (Å²) in [5.74, 6) is -0.238. The second kappa shape index (κ2) is 11.7. The third-order valence-corrected chi connectivity index (χ3v) is 6.03. The number of hydrogen-bond donors (Lipinski definition) is 2. The van der Waals surface area contributed by atoms with Crippen LogP contribution in [-0.2, 0) is 25.5 Å². The Hall–Kier alpha value is -2.05. The Labute approximate surface area is 192 Å². The predicted octanol–water partition coefficient (Wildman–Crippen LogP) is 3.33. The first kappa shape index (κ1) is 26.2. The van der Waals surface area contributed by atoms with Crippen LogP contribution in [0.3, 0.4) is 0 Å². The highest BCUT2D eigenvalue weighted by Crippen LogP contribution is 2.30. The van der Waals surface area contributed by atoms with E-state index in [-0.39, 0.29) is 35.9 Å². The molecule has 32 heavy (non-hydrogen) atoms. The minimum atomic E-state index is -0.800. The molecular weight excluding hydrogens is 404 g/mol. The first-order valence-corrected chi connectivity index (χ1v) is 11.8. The van der Waals surface area contributed by atoms with Crippen LogP contribution in [0.15, 0.2) is 30.3 Å². The number of epoxide rings is 1. The van der Waals surface area contributed by atoms with Gasteiger partial charge in [0.05, 0.1) is 18.7 Å². The highest BCUT2D eigenvalue weighted by atomic mass is 16.6. The Morgan fingerprint density at radius 3 is 2.06 bits per heavy atom. The summed E-state index contributed by atoms with van der Waals surface area (Å²) in [5.41, 5.74) is 0.195. The Morgan fingerprint density at radius 2 is 1.56 bits per heavy atom. The fraction of sp³-hybridized carbons (Fsp3) is 0.654. The maximum absolute atomic E-state index is 13.4. The molecule has 0 radical (unpaired) electrons. The van der Waals surface area contributed by atoms with E-state index in [1.165, 1.54) is 0 Å². The van der Waals surface area contributed by atoms with Crippen LogP contribution in [0.5, 0.6) is 0 Å². The maximum atomic E-state index is 13.4. The normalized spacial score (nSPS) is 20.6. The third kappa shape index (κ3) is 7.82. The molecule has 1 heterocycles. The van der Waals surface area contributed by atoms with Gasteiger partial charge in [0.1, 0.15) is 5.60 Å². The SMILES string of the molecule is CN[C@@H](CC(C)C)C(=O)CC(Cc1ccccc1)C(=O)N[C@@H](CC(C)C)C(=O)[C@@]1(C)CO1. The highest BCUT2D eigenvalue weighted by molar-refractivity contribution is 5.97. The van der Waals surface area contributed by atoms with E-state index in [0.29, 0.717) is 25.4 Å². The molecule has 1 unspecified atom stereocenters. The number of Topliss-reactive ketones (excluding diaryl/α,β-unsaturated/α-hetero) is 2. The molecule has 1 fully saturated rings. The van der Waals surface area contributed by atoms with E-state index >= 15 is 0 Å². The molecule has 1 aromatic rings. The van der Waals surface area contributed by atoms with Gasteiger partial charge < -0.3 is 15.4 Å². The lowest BCUT2D eigenvalue weighted by Gasteiger charge is -2.25. The summed E-state index contributed by atoms with van der Waals surface area (Å²) in [6.45, 7) is 10.4. The Bertz CT molecular complexity index is 771. The van der Waals surface area contributed by atoms with Gasteiger partial charge in [-0.2, -0.15) is 0 Å². The van der Waals surface area contributed by atoms with E-state index in [0.717, 1.165) is 12.0 Å². The van der Waals surface area contributed by atoms with Crippen LogP contribution in [0.2, 0.25) is 0 Å². The second-order valence-electron chi connectivity index (χ2n) is 10.1. The Morgan fingerprint density at radius 1 is 1.00 bits per heavy atom. The van der Waals surface area contributed by atoms with Gasteiger partial charge in [-0.3, -0.25) is 14.4 Å². The van der Waals surface area contributed by atoms with Crippen molar-refractivity contribution in [2.24, 2.45) is 17.8 Å². The van der Waals surface area contributed by atoms with Crippen LogP contribution in [0.4, 0.5) is 0 Å². The number of nitrogens with one attached hydrogen (secondary N) is 2.